The number of hydrogen-bond donors (Lipinski definition) is 0. The standard InChI is InChI=1S/C21H18OS/c1-2-22-21(16-10-4-3-5-11-16)19-14-8-6-12-17(19)18-13-7-9-15-20(18)23-21/h3-15H,2H2,1H3. The SMILES string of the molecule is CCOC1(c2ccccc2)Sc2ccccc2-c2ccccc21. The van der Waals surface area contributed by atoms with Crippen molar-refractivity contribution in [3.05, 3.63) is 90.0 Å². The summed E-state index contributed by atoms with van der Waals surface area (Å²) >= 11 is 1.80. The van der Waals surface area contributed by atoms with E-state index < -0.39 is 4.93 Å². The van der Waals surface area contributed by atoms with E-state index in [1.165, 1.54) is 27.1 Å². The molecule has 23 heavy (non-hydrogen) atoms. The zero-order valence-electron chi connectivity index (χ0n) is 13.0. The lowest BCUT2D eigenvalue weighted by Gasteiger charge is -2.39. The van der Waals surface area contributed by atoms with Gasteiger partial charge in [-0.3, -0.25) is 0 Å². The highest BCUT2D eigenvalue weighted by atomic mass is 32.2. The Labute approximate surface area is 141 Å². The number of thioether (sulfide) groups is 1. The second-order valence-corrected chi connectivity index (χ2v) is 6.78. The number of fused-ring (bicyclic) bond motifs is 3. The zero-order valence-corrected chi connectivity index (χ0v) is 13.8. The van der Waals surface area contributed by atoms with Gasteiger partial charge in [0, 0.05) is 17.1 Å². The maximum Gasteiger partial charge on any atom is 0.169 e. The molecular weight excluding hydrogens is 300 g/mol. The molecule has 0 N–H and O–H groups in total. The molecule has 0 bridgehead atoms. The molecule has 0 amide bonds. The van der Waals surface area contributed by atoms with Gasteiger partial charge < -0.3 is 4.74 Å². The van der Waals surface area contributed by atoms with Gasteiger partial charge in [0.15, 0.2) is 4.93 Å². The minimum Gasteiger partial charge on any atom is -0.356 e. The molecule has 0 aliphatic carbocycles. The minimum atomic E-state index is -0.485. The fraction of sp³-hybridized carbons (Fsp3) is 0.143. The van der Waals surface area contributed by atoms with Crippen molar-refractivity contribution in [2.75, 3.05) is 6.61 Å². The Balaban J connectivity index is 2.02. The summed E-state index contributed by atoms with van der Waals surface area (Å²) in [5, 5.41) is 0. The Morgan fingerprint density at radius 2 is 1.43 bits per heavy atom. The quantitative estimate of drug-likeness (QED) is 0.613. The monoisotopic (exact) mass is 318 g/mol. The largest absolute Gasteiger partial charge is 0.356 e. The van der Waals surface area contributed by atoms with Crippen molar-refractivity contribution in [2.45, 2.75) is 16.8 Å². The summed E-state index contributed by atoms with van der Waals surface area (Å²) in [5.41, 5.74) is 4.98. The Kier molecular flexibility index (Phi) is 3.72. The smallest absolute Gasteiger partial charge is 0.169 e. The van der Waals surface area contributed by atoms with Gasteiger partial charge in [-0.2, -0.15) is 0 Å². The van der Waals surface area contributed by atoms with E-state index in [0.717, 1.165) is 0 Å². The van der Waals surface area contributed by atoms with Gasteiger partial charge in [-0.25, -0.2) is 0 Å². The van der Waals surface area contributed by atoms with Gasteiger partial charge in [0.05, 0.1) is 0 Å². The van der Waals surface area contributed by atoms with Gasteiger partial charge in [0.1, 0.15) is 0 Å². The van der Waals surface area contributed by atoms with E-state index in [1.54, 1.807) is 11.8 Å². The van der Waals surface area contributed by atoms with E-state index in [2.05, 4.69) is 85.8 Å². The van der Waals surface area contributed by atoms with E-state index in [-0.39, 0.29) is 0 Å². The van der Waals surface area contributed by atoms with Crippen molar-refractivity contribution in [1.82, 2.24) is 0 Å². The fourth-order valence-electron chi connectivity index (χ4n) is 3.26. The lowest BCUT2D eigenvalue weighted by Crippen LogP contribution is -2.30. The van der Waals surface area contributed by atoms with Gasteiger partial charge in [0.2, 0.25) is 0 Å². The lowest BCUT2D eigenvalue weighted by molar-refractivity contribution is 0.0623. The predicted octanol–water partition coefficient (Wildman–Crippen LogP) is 5.70. The van der Waals surface area contributed by atoms with E-state index in [1.807, 2.05) is 0 Å². The Morgan fingerprint density at radius 3 is 2.22 bits per heavy atom. The first kappa shape index (κ1) is 14.6. The summed E-state index contributed by atoms with van der Waals surface area (Å²) in [6.07, 6.45) is 0. The third-order valence-corrected chi connectivity index (χ3v) is 5.65. The molecule has 3 aromatic rings. The van der Waals surface area contributed by atoms with Gasteiger partial charge in [-0.15, -0.1) is 0 Å². The predicted molar refractivity (Wildman–Crippen MR) is 96.6 cm³/mol. The Hall–Kier alpha value is -2.03. The molecule has 0 fully saturated rings. The fourth-order valence-corrected chi connectivity index (χ4v) is 4.72. The van der Waals surface area contributed by atoms with Crippen molar-refractivity contribution < 1.29 is 4.74 Å². The molecule has 4 rings (SSSR count). The average Bonchev–Trinajstić information content (AvgIpc) is 2.63. The van der Waals surface area contributed by atoms with Crippen LogP contribution in [0.1, 0.15) is 18.1 Å². The highest BCUT2D eigenvalue weighted by molar-refractivity contribution is 8.00. The second-order valence-electron chi connectivity index (χ2n) is 5.56. The summed E-state index contributed by atoms with van der Waals surface area (Å²) in [4.78, 5) is 0.782. The number of hydrogen-bond acceptors (Lipinski definition) is 2. The first-order valence-electron chi connectivity index (χ1n) is 7.92. The van der Waals surface area contributed by atoms with Crippen LogP contribution >= 0.6 is 11.8 Å². The van der Waals surface area contributed by atoms with E-state index >= 15 is 0 Å². The highest BCUT2D eigenvalue weighted by Gasteiger charge is 2.42. The maximum atomic E-state index is 6.40. The molecule has 3 aromatic carbocycles. The van der Waals surface area contributed by atoms with Crippen molar-refractivity contribution in [3.63, 3.8) is 0 Å². The van der Waals surface area contributed by atoms with Crippen molar-refractivity contribution in [3.8, 4) is 11.1 Å². The van der Waals surface area contributed by atoms with Crippen LogP contribution in [0, 0.1) is 0 Å². The van der Waals surface area contributed by atoms with Gasteiger partial charge in [0.25, 0.3) is 0 Å². The summed E-state index contributed by atoms with van der Waals surface area (Å²) < 4.78 is 6.40. The first-order chi connectivity index (χ1) is 11.3. The van der Waals surface area contributed by atoms with Crippen LogP contribution in [0.25, 0.3) is 11.1 Å². The minimum absolute atomic E-state index is 0.485. The van der Waals surface area contributed by atoms with Crippen molar-refractivity contribution >= 4 is 11.8 Å². The van der Waals surface area contributed by atoms with Gasteiger partial charge in [-0.1, -0.05) is 84.6 Å². The summed E-state index contributed by atoms with van der Waals surface area (Å²) in [6.45, 7) is 2.73. The molecule has 0 saturated heterocycles. The Morgan fingerprint density at radius 1 is 0.783 bits per heavy atom. The van der Waals surface area contributed by atoms with E-state index in [4.69, 9.17) is 4.74 Å². The van der Waals surface area contributed by atoms with Gasteiger partial charge in [-0.05, 0) is 29.7 Å². The van der Waals surface area contributed by atoms with Crippen LogP contribution in [0.5, 0.6) is 0 Å². The topological polar surface area (TPSA) is 9.23 Å². The molecule has 1 aliphatic rings. The number of benzene rings is 3. The molecule has 0 spiro atoms. The molecular formula is C21H18OS. The molecule has 114 valence electrons. The molecule has 0 saturated carbocycles. The van der Waals surface area contributed by atoms with Gasteiger partial charge >= 0.3 is 0 Å². The molecule has 1 heterocycles. The molecule has 1 atom stereocenters. The second kappa shape index (κ2) is 5.88. The Bertz CT molecular complexity index is 828. The maximum absolute atomic E-state index is 6.40. The number of ether oxygens (including phenoxy) is 1. The molecule has 0 aromatic heterocycles. The van der Waals surface area contributed by atoms with Crippen molar-refractivity contribution in [1.29, 1.82) is 0 Å². The molecule has 1 nitrogen and oxygen atoms in total. The van der Waals surface area contributed by atoms with Crippen LogP contribution in [0.3, 0.4) is 0 Å². The third kappa shape index (κ3) is 2.30. The molecule has 1 aliphatic heterocycles. The summed E-state index contributed by atoms with van der Waals surface area (Å²) in [7, 11) is 0. The highest BCUT2D eigenvalue weighted by Crippen LogP contribution is 2.56. The van der Waals surface area contributed by atoms with Crippen LogP contribution in [-0.2, 0) is 9.67 Å². The van der Waals surface area contributed by atoms with E-state index in [0.29, 0.717) is 6.61 Å². The van der Waals surface area contributed by atoms with Crippen LogP contribution in [0.4, 0.5) is 0 Å². The third-order valence-electron chi connectivity index (χ3n) is 4.21. The first-order valence-corrected chi connectivity index (χ1v) is 8.74. The van der Waals surface area contributed by atoms with E-state index in [9.17, 15) is 0 Å². The lowest BCUT2D eigenvalue weighted by atomic mass is 9.91. The summed E-state index contributed by atoms with van der Waals surface area (Å²) in [5.74, 6) is 0. The average molecular weight is 318 g/mol. The molecule has 0 radical (unpaired) electrons. The van der Waals surface area contributed by atoms with Crippen LogP contribution in [0.15, 0.2) is 83.8 Å². The summed E-state index contributed by atoms with van der Waals surface area (Å²) in [6, 6.07) is 27.7. The van der Waals surface area contributed by atoms with Crippen LogP contribution < -0.4 is 0 Å². The van der Waals surface area contributed by atoms with Crippen LogP contribution in [-0.4, -0.2) is 6.61 Å². The normalized spacial score (nSPS) is 19.0. The number of rotatable bonds is 3. The van der Waals surface area contributed by atoms with Crippen molar-refractivity contribution in [2.24, 2.45) is 0 Å². The molecule has 1 unspecified atom stereocenters. The zero-order chi connectivity index (χ0) is 15.7. The molecule has 2 heteroatoms. The van der Waals surface area contributed by atoms with Crippen LogP contribution in [0.2, 0.25) is 0 Å².